The SMILES string of the molecule is NCc1ccccc1S(=O)(=O)Nc1cccc(F)c1. The van der Waals surface area contributed by atoms with Gasteiger partial charge in [0.2, 0.25) is 0 Å². The van der Waals surface area contributed by atoms with Crippen LogP contribution >= 0.6 is 0 Å². The van der Waals surface area contributed by atoms with Crippen LogP contribution in [0.3, 0.4) is 0 Å². The van der Waals surface area contributed by atoms with Crippen molar-refractivity contribution >= 4 is 15.7 Å². The third-order valence-electron chi connectivity index (χ3n) is 2.56. The van der Waals surface area contributed by atoms with E-state index in [4.69, 9.17) is 5.73 Å². The molecule has 100 valence electrons. The van der Waals surface area contributed by atoms with E-state index in [1.807, 2.05) is 0 Å². The van der Waals surface area contributed by atoms with Crippen molar-refractivity contribution in [3.8, 4) is 0 Å². The molecule has 0 atom stereocenters. The maximum Gasteiger partial charge on any atom is 0.262 e. The summed E-state index contributed by atoms with van der Waals surface area (Å²) in [5.74, 6) is -0.507. The molecule has 0 aliphatic rings. The smallest absolute Gasteiger partial charge is 0.262 e. The molecule has 2 aromatic rings. The number of nitrogens with one attached hydrogen (secondary N) is 1. The monoisotopic (exact) mass is 280 g/mol. The van der Waals surface area contributed by atoms with Crippen LogP contribution in [0.4, 0.5) is 10.1 Å². The van der Waals surface area contributed by atoms with Crippen LogP contribution in [-0.2, 0) is 16.6 Å². The van der Waals surface area contributed by atoms with Gasteiger partial charge in [-0.1, -0.05) is 24.3 Å². The van der Waals surface area contributed by atoms with Crippen LogP contribution in [0.2, 0.25) is 0 Å². The normalized spacial score (nSPS) is 11.3. The van der Waals surface area contributed by atoms with Gasteiger partial charge in [-0.05, 0) is 29.8 Å². The Hall–Kier alpha value is -1.92. The van der Waals surface area contributed by atoms with E-state index in [2.05, 4.69) is 4.72 Å². The first-order valence-corrected chi connectivity index (χ1v) is 7.07. The van der Waals surface area contributed by atoms with Crippen molar-refractivity contribution in [1.29, 1.82) is 0 Å². The Kier molecular flexibility index (Phi) is 3.82. The van der Waals surface area contributed by atoms with Gasteiger partial charge in [0.05, 0.1) is 10.6 Å². The molecule has 3 N–H and O–H groups in total. The second-order valence-corrected chi connectivity index (χ2v) is 5.58. The molecule has 0 fully saturated rings. The maximum absolute atomic E-state index is 13.0. The number of hydrogen-bond donors (Lipinski definition) is 2. The average molecular weight is 280 g/mol. The molecule has 0 aliphatic heterocycles. The van der Waals surface area contributed by atoms with E-state index in [1.165, 1.54) is 24.3 Å². The Morgan fingerprint density at radius 1 is 1.11 bits per heavy atom. The first-order valence-electron chi connectivity index (χ1n) is 5.59. The number of rotatable bonds is 4. The van der Waals surface area contributed by atoms with Gasteiger partial charge in [0.15, 0.2) is 0 Å². The zero-order chi connectivity index (χ0) is 13.9. The third-order valence-corrected chi connectivity index (χ3v) is 4.04. The fourth-order valence-electron chi connectivity index (χ4n) is 1.70. The Morgan fingerprint density at radius 3 is 2.53 bits per heavy atom. The lowest BCUT2D eigenvalue weighted by atomic mass is 10.2. The van der Waals surface area contributed by atoms with Crippen LogP contribution in [0.1, 0.15) is 5.56 Å². The Balaban J connectivity index is 2.38. The van der Waals surface area contributed by atoms with E-state index in [9.17, 15) is 12.8 Å². The van der Waals surface area contributed by atoms with E-state index in [0.29, 0.717) is 5.56 Å². The predicted molar refractivity (Wildman–Crippen MR) is 71.5 cm³/mol. The molecule has 6 heteroatoms. The highest BCUT2D eigenvalue weighted by atomic mass is 32.2. The molecule has 4 nitrogen and oxygen atoms in total. The van der Waals surface area contributed by atoms with E-state index in [-0.39, 0.29) is 17.1 Å². The fourth-order valence-corrected chi connectivity index (χ4v) is 3.00. The highest BCUT2D eigenvalue weighted by Crippen LogP contribution is 2.19. The van der Waals surface area contributed by atoms with Gasteiger partial charge < -0.3 is 5.73 Å². The second-order valence-electron chi connectivity index (χ2n) is 3.93. The molecule has 2 rings (SSSR count). The summed E-state index contributed by atoms with van der Waals surface area (Å²) in [6.45, 7) is 0.111. The summed E-state index contributed by atoms with van der Waals surface area (Å²) in [6, 6.07) is 11.7. The molecule has 0 amide bonds. The van der Waals surface area contributed by atoms with Gasteiger partial charge in [-0.25, -0.2) is 12.8 Å². The number of nitrogens with two attached hydrogens (primary N) is 1. The molecular formula is C13H13FN2O2S. The topological polar surface area (TPSA) is 72.2 Å². The minimum atomic E-state index is -3.77. The van der Waals surface area contributed by atoms with Gasteiger partial charge in [0.25, 0.3) is 10.0 Å². The minimum Gasteiger partial charge on any atom is -0.326 e. The average Bonchev–Trinajstić information content (AvgIpc) is 2.38. The number of halogens is 1. The Labute approximate surface area is 111 Å². The quantitative estimate of drug-likeness (QED) is 0.900. The first kappa shape index (κ1) is 13.5. The molecule has 2 aromatic carbocycles. The van der Waals surface area contributed by atoms with Gasteiger partial charge in [-0.15, -0.1) is 0 Å². The Morgan fingerprint density at radius 2 is 1.84 bits per heavy atom. The van der Waals surface area contributed by atoms with E-state index < -0.39 is 15.8 Å². The van der Waals surface area contributed by atoms with Gasteiger partial charge in [-0.3, -0.25) is 4.72 Å². The van der Waals surface area contributed by atoms with E-state index >= 15 is 0 Å². The molecule has 0 heterocycles. The summed E-state index contributed by atoms with van der Waals surface area (Å²) in [6.07, 6.45) is 0. The number of hydrogen-bond acceptors (Lipinski definition) is 3. The molecule has 0 saturated carbocycles. The predicted octanol–water partition coefficient (Wildman–Crippen LogP) is 2.09. The largest absolute Gasteiger partial charge is 0.326 e. The van der Waals surface area contributed by atoms with Crippen molar-refractivity contribution in [2.45, 2.75) is 11.4 Å². The number of anilines is 1. The first-order chi connectivity index (χ1) is 9.03. The zero-order valence-electron chi connectivity index (χ0n) is 10.0. The lowest BCUT2D eigenvalue weighted by Crippen LogP contribution is -2.16. The van der Waals surface area contributed by atoms with Gasteiger partial charge in [0, 0.05) is 6.54 Å². The molecule has 0 aliphatic carbocycles. The molecule has 0 aromatic heterocycles. The highest BCUT2D eigenvalue weighted by Gasteiger charge is 2.17. The van der Waals surface area contributed by atoms with Crippen molar-refractivity contribution in [2.75, 3.05) is 4.72 Å². The molecule has 19 heavy (non-hydrogen) atoms. The molecule has 0 radical (unpaired) electrons. The van der Waals surface area contributed by atoms with Crippen LogP contribution in [0, 0.1) is 5.82 Å². The summed E-state index contributed by atoms with van der Waals surface area (Å²) in [5.41, 5.74) is 6.19. The Bertz CT molecular complexity index is 687. The summed E-state index contributed by atoms with van der Waals surface area (Å²) < 4.78 is 39.8. The van der Waals surface area contributed by atoms with Crippen molar-refractivity contribution in [1.82, 2.24) is 0 Å². The molecule has 0 bridgehead atoms. The van der Waals surface area contributed by atoms with Crippen molar-refractivity contribution < 1.29 is 12.8 Å². The standard InChI is InChI=1S/C13H13FN2O2S/c14-11-5-3-6-12(8-11)16-19(17,18)13-7-2-1-4-10(13)9-15/h1-8,16H,9,15H2. The second kappa shape index (κ2) is 5.38. The highest BCUT2D eigenvalue weighted by molar-refractivity contribution is 7.92. The van der Waals surface area contributed by atoms with Crippen molar-refractivity contribution in [3.63, 3.8) is 0 Å². The summed E-state index contributed by atoms with van der Waals surface area (Å²) in [4.78, 5) is 0.0989. The van der Waals surface area contributed by atoms with Crippen molar-refractivity contribution in [3.05, 3.63) is 59.9 Å². The molecular weight excluding hydrogens is 267 g/mol. The minimum absolute atomic E-state index is 0.0989. The lowest BCUT2D eigenvalue weighted by molar-refractivity contribution is 0.600. The van der Waals surface area contributed by atoms with Gasteiger partial charge >= 0.3 is 0 Å². The van der Waals surface area contributed by atoms with Crippen LogP contribution in [0.25, 0.3) is 0 Å². The van der Waals surface area contributed by atoms with Crippen molar-refractivity contribution in [2.24, 2.45) is 5.73 Å². The molecule has 0 unspecified atom stereocenters. The van der Waals surface area contributed by atoms with E-state index in [0.717, 1.165) is 6.07 Å². The summed E-state index contributed by atoms with van der Waals surface area (Å²) in [5, 5.41) is 0. The maximum atomic E-state index is 13.0. The van der Waals surface area contributed by atoms with Crippen LogP contribution in [-0.4, -0.2) is 8.42 Å². The molecule has 0 saturated heterocycles. The number of benzene rings is 2. The van der Waals surface area contributed by atoms with E-state index in [1.54, 1.807) is 18.2 Å². The summed E-state index contributed by atoms with van der Waals surface area (Å²) >= 11 is 0. The fraction of sp³-hybridized carbons (Fsp3) is 0.0769. The number of sulfonamides is 1. The third kappa shape index (κ3) is 3.10. The van der Waals surface area contributed by atoms with Crippen LogP contribution in [0.15, 0.2) is 53.4 Å². The van der Waals surface area contributed by atoms with Gasteiger partial charge in [-0.2, -0.15) is 0 Å². The molecule has 0 spiro atoms. The van der Waals surface area contributed by atoms with Crippen LogP contribution < -0.4 is 10.5 Å². The summed E-state index contributed by atoms with van der Waals surface area (Å²) in [7, 11) is -3.77. The van der Waals surface area contributed by atoms with Gasteiger partial charge in [0.1, 0.15) is 5.82 Å². The zero-order valence-corrected chi connectivity index (χ0v) is 10.8. The lowest BCUT2D eigenvalue weighted by Gasteiger charge is -2.11. The van der Waals surface area contributed by atoms with Crippen LogP contribution in [0.5, 0.6) is 0 Å².